The number of nitrogens with zero attached hydrogens (tertiary/aromatic N) is 2. The van der Waals surface area contributed by atoms with Crippen LogP contribution >= 0.6 is 11.6 Å². The third-order valence-electron chi connectivity index (χ3n) is 6.26. The largest absolute Gasteiger partial charge is 0.364 e. The molecule has 160 valence electrons. The summed E-state index contributed by atoms with van der Waals surface area (Å²) < 4.78 is 0. The third-order valence-corrected chi connectivity index (χ3v) is 6.62. The Hall–Kier alpha value is -3.21. The van der Waals surface area contributed by atoms with Crippen LogP contribution in [0, 0.1) is 0 Å². The number of fused-ring (bicyclic) bond motifs is 1. The first-order valence-corrected chi connectivity index (χ1v) is 11.2. The van der Waals surface area contributed by atoms with Crippen LogP contribution in [-0.2, 0) is 0 Å². The van der Waals surface area contributed by atoms with E-state index < -0.39 is 0 Å². The molecule has 0 bridgehead atoms. The van der Waals surface area contributed by atoms with Gasteiger partial charge in [0.15, 0.2) is 0 Å². The minimum Gasteiger partial charge on any atom is -0.364 e. The maximum Gasteiger partial charge on any atom is 0.211 e. The highest BCUT2D eigenvalue weighted by atomic mass is 35.5. The van der Waals surface area contributed by atoms with Crippen molar-refractivity contribution in [1.82, 2.24) is 9.80 Å². The molecular weight excluding hydrogens is 420 g/mol. The molecule has 1 saturated heterocycles. The topological polar surface area (TPSA) is 40.6 Å². The van der Waals surface area contributed by atoms with Gasteiger partial charge < -0.3 is 4.90 Å². The van der Waals surface area contributed by atoms with Crippen molar-refractivity contribution >= 4 is 23.2 Å². The number of carbonyl (C=O) groups is 2. The molecule has 0 saturated carbocycles. The highest BCUT2D eigenvalue weighted by Gasteiger charge is 2.36. The molecule has 0 radical (unpaired) electrons. The van der Waals surface area contributed by atoms with E-state index in [2.05, 4.69) is 53.4 Å². The molecule has 5 heteroatoms. The van der Waals surface area contributed by atoms with Gasteiger partial charge in [-0.1, -0.05) is 96.5 Å². The molecule has 0 amide bonds. The van der Waals surface area contributed by atoms with E-state index in [0.717, 1.165) is 13.1 Å². The number of Topliss-reactive ketones (excluding diaryl/α,β-unsaturated/α-hetero) is 2. The Bertz CT molecular complexity index is 1140. The van der Waals surface area contributed by atoms with Crippen molar-refractivity contribution in [1.29, 1.82) is 0 Å². The molecule has 0 spiro atoms. The summed E-state index contributed by atoms with van der Waals surface area (Å²) >= 11 is 6.43. The minimum absolute atomic E-state index is 0.0322. The number of hydrogen-bond acceptors (Lipinski definition) is 4. The molecule has 3 aromatic carbocycles. The van der Waals surface area contributed by atoms with Crippen LogP contribution in [0.4, 0.5) is 0 Å². The van der Waals surface area contributed by atoms with Gasteiger partial charge in [-0.15, -0.1) is 0 Å². The Labute approximate surface area is 192 Å². The fraction of sp³-hybridized carbons (Fsp3) is 0.185. The molecule has 0 aromatic heterocycles. The standard InChI is InChI=1S/C27H23ClN2O2/c28-23-25(27(32)22-14-8-7-13-21(22)26(23)31)30-17-15-29(16-18-30)24(19-9-3-1-4-10-19)20-11-5-2-6-12-20/h1-14,24H,15-18H2. The summed E-state index contributed by atoms with van der Waals surface area (Å²) in [5, 5.41) is 0.0322. The monoisotopic (exact) mass is 442 g/mol. The van der Waals surface area contributed by atoms with Crippen molar-refractivity contribution < 1.29 is 9.59 Å². The van der Waals surface area contributed by atoms with Crippen LogP contribution in [0.2, 0.25) is 0 Å². The summed E-state index contributed by atoms with van der Waals surface area (Å²) in [6.45, 7) is 2.77. The van der Waals surface area contributed by atoms with E-state index in [1.54, 1.807) is 24.3 Å². The van der Waals surface area contributed by atoms with Gasteiger partial charge >= 0.3 is 0 Å². The quantitative estimate of drug-likeness (QED) is 0.574. The number of allylic oxidation sites excluding steroid dienone is 2. The average Bonchev–Trinajstić information content (AvgIpc) is 2.85. The first-order valence-electron chi connectivity index (χ1n) is 10.8. The van der Waals surface area contributed by atoms with Gasteiger partial charge in [-0.25, -0.2) is 0 Å². The number of carbonyl (C=O) groups excluding carboxylic acids is 2. The van der Waals surface area contributed by atoms with E-state index in [-0.39, 0.29) is 22.6 Å². The van der Waals surface area contributed by atoms with Gasteiger partial charge in [0, 0.05) is 37.3 Å². The maximum absolute atomic E-state index is 13.2. The fourth-order valence-electron chi connectivity index (χ4n) is 4.70. The van der Waals surface area contributed by atoms with Gasteiger partial charge in [-0.3, -0.25) is 14.5 Å². The van der Waals surface area contributed by atoms with Gasteiger partial charge in [0.25, 0.3) is 0 Å². The van der Waals surface area contributed by atoms with Crippen LogP contribution in [0.15, 0.2) is 95.7 Å². The summed E-state index contributed by atoms with van der Waals surface area (Å²) in [4.78, 5) is 30.4. The second-order valence-corrected chi connectivity index (χ2v) is 8.49. The van der Waals surface area contributed by atoms with E-state index >= 15 is 0 Å². The summed E-state index contributed by atoms with van der Waals surface area (Å²) in [7, 11) is 0. The zero-order valence-corrected chi connectivity index (χ0v) is 18.3. The van der Waals surface area contributed by atoms with Gasteiger partial charge in [-0.05, 0) is 11.1 Å². The molecule has 5 rings (SSSR count). The number of hydrogen-bond donors (Lipinski definition) is 0. The van der Waals surface area contributed by atoms with Crippen LogP contribution in [0.25, 0.3) is 0 Å². The Morgan fingerprint density at radius 2 is 1.09 bits per heavy atom. The predicted octanol–water partition coefficient (Wildman–Crippen LogP) is 4.92. The lowest BCUT2D eigenvalue weighted by molar-refractivity contribution is 0.0888. The van der Waals surface area contributed by atoms with Crippen molar-refractivity contribution in [3.8, 4) is 0 Å². The van der Waals surface area contributed by atoms with Crippen LogP contribution in [0.3, 0.4) is 0 Å². The maximum atomic E-state index is 13.2. The molecule has 1 fully saturated rings. The van der Waals surface area contributed by atoms with Gasteiger partial charge in [-0.2, -0.15) is 0 Å². The first kappa shape index (κ1) is 20.7. The molecule has 32 heavy (non-hydrogen) atoms. The van der Waals surface area contributed by atoms with Gasteiger partial charge in [0.1, 0.15) is 10.7 Å². The predicted molar refractivity (Wildman–Crippen MR) is 126 cm³/mol. The summed E-state index contributed by atoms with van der Waals surface area (Å²) in [6.07, 6.45) is 0. The molecule has 1 aliphatic heterocycles. The third kappa shape index (κ3) is 3.66. The number of halogens is 1. The SMILES string of the molecule is O=C1C(Cl)=C(N2CCN(C(c3ccccc3)c3ccccc3)CC2)C(=O)c2ccccc21. The van der Waals surface area contributed by atoms with Crippen molar-refractivity contribution in [3.05, 3.63) is 118 Å². The molecule has 1 heterocycles. The smallest absolute Gasteiger partial charge is 0.211 e. The second-order valence-electron chi connectivity index (χ2n) is 8.11. The Morgan fingerprint density at radius 3 is 1.62 bits per heavy atom. The highest BCUT2D eigenvalue weighted by Crippen LogP contribution is 2.33. The number of rotatable bonds is 4. The van der Waals surface area contributed by atoms with Crippen LogP contribution in [0.5, 0.6) is 0 Å². The minimum atomic E-state index is -0.272. The zero-order valence-electron chi connectivity index (χ0n) is 17.6. The fourth-order valence-corrected chi connectivity index (χ4v) is 5.01. The van der Waals surface area contributed by atoms with Crippen molar-refractivity contribution in [2.75, 3.05) is 26.2 Å². The molecular formula is C27H23ClN2O2. The van der Waals surface area contributed by atoms with E-state index in [9.17, 15) is 9.59 Å². The Kier molecular flexibility index (Phi) is 5.64. The summed E-state index contributed by atoms with van der Waals surface area (Å²) in [5.74, 6) is -0.438. The van der Waals surface area contributed by atoms with Crippen LogP contribution in [-0.4, -0.2) is 47.5 Å². The van der Waals surface area contributed by atoms with E-state index in [1.165, 1.54) is 11.1 Å². The molecule has 0 N–H and O–H groups in total. The number of benzene rings is 3. The Morgan fingerprint density at radius 1 is 0.625 bits per heavy atom. The molecule has 3 aromatic rings. The number of piperazine rings is 1. The van der Waals surface area contributed by atoms with Crippen molar-refractivity contribution in [3.63, 3.8) is 0 Å². The first-order chi connectivity index (χ1) is 15.6. The number of ketones is 2. The van der Waals surface area contributed by atoms with Gasteiger partial charge in [0.2, 0.25) is 11.6 Å². The van der Waals surface area contributed by atoms with Crippen molar-refractivity contribution in [2.45, 2.75) is 6.04 Å². The van der Waals surface area contributed by atoms with E-state index in [1.807, 2.05) is 17.0 Å². The van der Waals surface area contributed by atoms with Crippen LogP contribution in [0.1, 0.15) is 37.9 Å². The van der Waals surface area contributed by atoms with Crippen LogP contribution < -0.4 is 0 Å². The summed E-state index contributed by atoms with van der Waals surface area (Å²) in [5.41, 5.74) is 3.64. The summed E-state index contributed by atoms with van der Waals surface area (Å²) in [6, 6.07) is 28.0. The average molecular weight is 443 g/mol. The lowest BCUT2D eigenvalue weighted by Crippen LogP contribution is -2.49. The Balaban J connectivity index is 1.40. The lowest BCUT2D eigenvalue weighted by atomic mass is 9.91. The molecule has 0 atom stereocenters. The van der Waals surface area contributed by atoms with Crippen molar-refractivity contribution in [2.24, 2.45) is 0 Å². The second kappa shape index (κ2) is 8.73. The molecule has 2 aliphatic rings. The normalized spacial score (nSPS) is 17.1. The molecule has 4 nitrogen and oxygen atoms in total. The van der Waals surface area contributed by atoms with E-state index in [4.69, 9.17) is 11.6 Å². The zero-order chi connectivity index (χ0) is 22.1. The lowest BCUT2D eigenvalue weighted by Gasteiger charge is -2.41. The molecule has 0 unspecified atom stereocenters. The highest BCUT2D eigenvalue weighted by molar-refractivity contribution is 6.49. The van der Waals surface area contributed by atoms with Gasteiger partial charge in [0.05, 0.1) is 6.04 Å². The van der Waals surface area contributed by atoms with E-state index in [0.29, 0.717) is 29.9 Å². The molecule has 1 aliphatic carbocycles.